The molecule has 2 rings (SSSR count). The summed E-state index contributed by atoms with van der Waals surface area (Å²) in [6.45, 7) is -2.16. The topological polar surface area (TPSA) is 346 Å². The van der Waals surface area contributed by atoms with Gasteiger partial charge in [-0.25, -0.2) is 0 Å². The monoisotopic (exact) mass is 655 g/mol. The Hall–Kier alpha value is -0.990. The van der Waals surface area contributed by atoms with Gasteiger partial charge in [0.25, 0.3) is 0 Å². The van der Waals surface area contributed by atoms with Gasteiger partial charge >= 0.3 is 29.6 Å². The van der Waals surface area contributed by atoms with E-state index < -0.39 is 129 Å². The van der Waals surface area contributed by atoms with Gasteiger partial charge in [0.1, 0.15) is 73.1 Å². The summed E-state index contributed by atoms with van der Waals surface area (Å²) in [5.74, 6) is -5.88. The van der Waals surface area contributed by atoms with E-state index in [0.29, 0.717) is 0 Å². The third-order valence-corrected chi connectivity index (χ3v) is 7.00. The number of carbonyl (C=O) groups is 3. The van der Waals surface area contributed by atoms with Crippen molar-refractivity contribution >= 4 is 18.2 Å². The molecule has 1 amide bonds. The number of ether oxygens (including phenoxy) is 4. The number of nitrogens with one attached hydrogen (secondary N) is 1. The normalized spacial score (nSPS) is 36.5. The van der Waals surface area contributed by atoms with E-state index in [1.807, 2.05) is 0 Å². The Kier molecular flexibility index (Phi) is 16.6. The summed E-state index contributed by atoms with van der Waals surface area (Å²) in [5, 5.41) is 125. The molecule has 2 aliphatic rings. The first-order valence-corrected chi connectivity index (χ1v) is 13.0. The maximum atomic E-state index is 12.2. The van der Waals surface area contributed by atoms with Crippen molar-refractivity contribution in [3.05, 3.63) is 0 Å². The van der Waals surface area contributed by atoms with Crippen molar-refractivity contribution in [1.82, 2.24) is 5.32 Å². The van der Waals surface area contributed by atoms with E-state index in [1.54, 1.807) is 0 Å². The molecule has 12 N–H and O–H groups in total. The van der Waals surface area contributed by atoms with Gasteiger partial charge in [0.2, 0.25) is 11.7 Å². The predicted octanol–water partition coefficient (Wildman–Crippen LogP) is -12.7. The molecule has 2 heterocycles. The molecule has 0 aromatic rings. The molecule has 2 aliphatic heterocycles. The van der Waals surface area contributed by atoms with Crippen LogP contribution in [0.2, 0.25) is 0 Å². The maximum absolute atomic E-state index is 12.2. The number of amides is 1. The molecule has 2 fully saturated rings. The van der Waals surface area contributed by atoms with Crippen LogP contribution in [0.25, 0.3) is 0 Å². The van der Waals surface area contributed by atoms with Crippen LogP contribution in [-0.4, -0.2) is 186 Å². The number of hydrogen-bond donors (Lipinski definition) is 12. The van der Waals surface area contributed by atoms with Gasteiger partial charge in [-0.05, 0) is 0 Å². The van der Waals surface area contributed by atoms with E-state index in [0.717, 1.165) is 6.92 Å². The zero-order valence-corrected chi connectivity index (χ0v) is 25.7. The zero-order valence-electron chi connectivity index (χ0n) is 23.7. The van der Waals surface area contributed by atoms with Gasteiger partial charge in [0.15, 0.2) is 12.6 Å². The van der Waals surface area contributed by atoms with Gasteiger partial charge in [-0.3, -0.25) is 4.79 Å². The quantitative estimate of drug-likeness (QED) is 0.0575. The van der Waals surface area contributed by atoms with Gasteiger partial charge in [0.05, 0.1) is 32.0 Å². The van der Waals surface area contributed by atoms with Gasteiger partial charge in [-0.1, -0.05) is 0 Å². The van der Waals surface area contributed by atoms with Crippen molar-refractivity contribution < 1.29 is 124 Å². The van der Waals surface area contributed by atoms with E-state index in [-0.39, 0.29) is 35.8 Å². The summed E-state index contributed by atoms with van der Waals surface area (Å²) in [6, 6.07) is -1.53. The third-order valence-electron chi connectivity index (χ3n) is 7.00. The Balaban J connectivity index is 0.00000968. The van der Waals surface area contributed by atoms with Gasteiger partial charge in [-0.15, -0.1) is 0 Å². The number of aliphatic hydroxyl groups is 11. The number of carbonyl (C=O) groups excluding carboxylic acids is 3. The zero-order chi connectivity index (χ0) is 32.8. The second kappa shape index (κ2) is 17.8. The molecule has 44 heavy (non-hydrogen) atoms. The molecule has 0 aromatic carbocycles. The Morgan fingerprint density at radius 2 is 1.61 bits per heavy atom. The number of aliphatic carboxylic acids is 1. The molecule has 2 saturated heterocycles. The molecule has 0 saturated carbocycles. The first kappa shape index (κ1) is 41.0. The van der Waals surface area contributed by atoms with E-state index in [1.165, 1.54) is 0 Å². The number of hydrogen-bond acceptors (Lipinski definition) is 19. The van der Waals surface area contributed by atoms with Gasteiger partial charge in [0, 0.05) is 13.3 Å². The number of carboxylic acids is 1. The van der Waals surface area contributed by atoms with Crippen LogP contribution in [0.4, 0.5) is 0 Å². The van der Waals surface area contributed by atoms with E-state index in [9.17, 15) is 75.7 Å². The van der Waals surface area contributed by atoms with E-state index in [2.05, 4.69) is 5.32 Å². The SMILES string of the molecule is CC(=O)NC1C(O)CC(OCC2OC(OC(C(O)CO)C(O)C(O)C=O)C(O)C(O)C2O)(C(=O)[O-])OC1C(O)C(O)CO.[Na+]. The van der Waals surface area contributed by atoms with Gasteiger partial charge < -0.3 is 95.1 Å². The number of aliphatic hydroxyl groups excluding tert-OH is 11. The minimum absolute atomic E-state index is 0. The van der Waals surface area contributed by atoms with Crippen LogP contribution in [0.1, 0.15) is 13.3 Å². The molecule has 15 unspecified atom stereocenters. The molecule has 0 aliphatic carbocycles. The average molecular weight is 656 g/mol. The fourth-order valence-corrected chi connectivity index (χ4v) is 4.58. The van der Waals surface area contributed by atoms with Crippen LogP contribution in [0, 0.1) is 0 Å². The first-order valence-electron chi connectivity index (χ1n) is 13.0. The van der Waals surface area contributed by atoms with E-state index >= 15 is 0 Å². The number of carboxylic acid groups (broad SMARTS) is 1. The molecule has 0 spiro atoms. The molecule has 20 nitrogen and oxygen atoms in total. The Bertz CT molecular complexity index is 934. The molecule has 0 bridgehead atoms. The summed E-state index contributed by atoms with van der Waals surface area (Å²) < 4.78 is 21.2. The van der Waals surface area contributed by atoms with Crippen molar-refractivity contribution in [2.24, 2.45) is 0 Å². The van der Waals surface area contributed by atoms with Crippen LogP contribution in [-0.2, 0) is 33.3 Å². The van der Waals surface area contributed by atoms with Crippen molar-refractivity contribution in [3.8, 4) is 0 Å². The summed E-state index contributed by atoms with van der Waals surface area (Å²) in [6.07, 6.45) is -27.5. The van der Waals surface area contributed by atoms with Crippen molar-refractivity contribution in [1.29, 1.82) is 0 Å². The van der Waals surface area contributed by atoms with Crippen LogP contribution in [0.5, 0.6) is 0 Å². The van der Waals surface area contributed by atoms with Crippen LogP contribution >= 0.6 is 0 Å². The smallest absolute Gasteiger partial charge is 0.544 e. The van der Waals surface area contributed by atoms with Crippen molar-refractivity contribution in [2.75, 3.05) is 19.8 Å². The summed E-state index contributed by atoms with van der Waals surface area (Å²) in [4.78, 5) is 34.7. The largest absolute Gasteiger partial charge is 1.00 e. The Morgan fingerprint density at radius 3 is 2.11 bits per heavy atom. The van der Waals surface area contributed by atoms with Crippen molar-refractivity contribution in [2.45, 2.75) is 105 Å². The molecular formula is C23H38NNaO19. The van der Waals surface area contributed by atoms with Crippen LogP contribution in [0.3, 0.4) is 0 Å². The second-order valence-electron chi connectivity index (χ2n) is 10.2. The second-order valence-corrected chi connectivity index (χ2v) is 10.2. The minimum Gasteiger partial charge on any atom is -0.544 e. The summed E-state index contributed by atoms with van der Waals surface area (Å²) in [7, 11) is 0. The predicted molar refractivity (Wildman–Crippen MR) is 129 cm³/mol. The molecular weight excluding hydrogens is 617 g/mol. The Morgan fingerprint density at radius 1 is 1.02 bits per heavy atom. The van der Waals surface area contributed by atoms with Crippen molar-refractivity contribution in [3.63, 3.8) is 0 Å². The first-order chi connectivity index (χ1) is 20.0. The van der Waals surface area contributed by atoms with Crippen LogP contribution < -0.4 is 40.0 Å². The fraction of sp³-hybridized carbons (Fsp3) is 0.870. The number of rotatable bonds is 15. The summed E-state index contributed by atoms with van der Waals surface area (Å²) in [5.41, 5.74) is 0. The standard InChI is InChI=1S/C23H39NO19.Na/c1-7(28)24-13-8(29)2-23(22(38)39,43-20(13)15(34)10(31)4-26)40-6-12-16(35)17(36)18(37)21(41-12)42-19(11(32)5-27)14(33)9(30)3-25;/h3,8-21,26-27,29-37H,2,4-6H2,1H3,(H,24,28)(H,38,39);/q;+1/p-1. The fourth-order valence-electron chi connectivity index (χ4n) is 4.58. The molecule has 0 aromatic heterocycles. The molecule has 0 radical (unpaired) electrons. The molecule has 21 heteroatoms. The molecule has 15 atom stereocenters. The average Bonchev–Trinajstić information content (AvgIpc) is 2.97. The Labute approximate surface area is 271 Å². The maximum Gasteiger partial charge on any atom is 1.00 e. The van der Waals surface area contributed by atoms with Gasteiger partial charge in [-0.2, -0.15) is 0 Å². The summed E-state index contributed by atoms with van der Waals surface area (Å²) >= 11 is 0. The minimum atomic E-state index is -2.98. The number of aldehydes is 1. The molecule has 250 valence electrons. The van der Waals surface area contributed by atoms with E-state index in [4.69, 9.17) is 18.9 Å². The third kappa shape index (κ3) is 9.53. The van der Waals surface area contributed by atoms with Crippen LogP contribution in [0.15, 0.2) is 0 Å².